The molecule has 0 aliphatic carbocycles. The molecule has 15 heavy (non-hydrogen) atoms. The summed E-state index contributed by atoms with van der Waals surface area (Å²) in [5.74, 6) is 0. The van der Waals surface area contributed by atoms with Gasteiger partial charge in [-0.2, -0.15) is 0 Å². The molecule has 0 saturated carbocycles. The Bertz CT molecular complexity index is 467. The lowest BCUT2D eigenvalue weighted by Crippen LogP contribution is -1.97. The average molecular weight is 283 g/mol. The number of H-pyrrole nitrogens is 1. The second-order valence-electron chi connectivity index (χ2n) is 2.90. The maximum absolute atomic E-state index is 10.3. The van der Waals surface area contributed by atoms with Crippen LogP contribution in [0.1, 0.15) is 0 Å². The molecule has 0 radical (unpaired) electrons. The molecule has 0 aliphatic rings. The van der Waals surface area contributed by atoms with Gasteiger partial charge in [0.25, 0.3) is 0 Å². The van der Waals surface area contributed by atoms with Crippen LogP contribution < -0.4 is 5.57 Å². The number of benzene rings is 1. The predicted octanol–water partition coefficient (Wildman–Crippen LogP) is 2.33. The van der Waals surface area contributed by atoms with Crippen molar-refractivity contribution in [1.82, 2.24) is 9.97 Å². The molecular weight excluding hydrogens is 275 g/mol. The first-order valence-corrected chi connectivity index (χ1v) is 6.18. The number of rotatable bonds is 3. The molecule has 0 amide bonds. The van der Waals surface area contributed by atoms with Gasteiger partial charge in [0.2, 0.25) is 0 Å². The van der Waals surface area contributed by atoms with Crippen LogP contribution >= 0.6 is 24.5 Å². The van der Waals surface area contributed by atoms with Crippen LogP contribution in [0.5, 0.6) is 0 Å². The molecular formula is C10H8BrN2OP. The van der Waals surface area contributed by atoms with Gasteiger partial charge in [0.05, 0.1) is 5.69 Å². The van der Waals surface area contributed by atoms with Gasteiger partial charge in [-0.25, -0.2) is 4.98 Å². The highest BCUT2D eigenvalue weighted by Gasteiger charge is 2.02. The van der Waals surface area contributed by atoms with Crippen molar-refractivity contribution in [3.05, 3.63) is 34.9 Å². The minimum Gasteiger partial charge on any atom is -0.344 e. The van der Waals surface area contributed by atoms with E-state index in [9.17, 15) is 4.79 Å². The summed E-state index contributed by atoms with van der Waals surface area (Å²) in [5, 5.41) is 0. The number of carbonyl (C=O) groups excluding carboxylic acids is 1. The molecule has 0 saturated heterocycles. The second kappa shape index (κ2) is 4.69. The molecule has 0 bridgehead atoms. The molecule has 1 aromatic heterocycles. The molecule has 0 fully saturated rings. The Hall–Kier alpha value is -0.990. The summed E-state index contributed by atoms with van der Waals surface area (Å²) in [6.45, 7) is 0. The Morgan fingerprint density at radius 3 is 2.73 bits per heavy atom. The van der Waals surface area contributed by atoms with Crippen molar-refractivity contribution in [3.8, 4) is 11.3 Å². The summed E-state index contributed by atoms with van der Waals surface area (Å²) in [4.78, 5) is 17.6. The van der Waals surface area contributed by atoms with Crippen molar-refractivity contribution in [2.75, 3.05) is 0 Å². The quantitative estimate of drug-likeness (QED) is 0.694. The van der Waals surface area contributed by atoms with Gasteiger partial charge in [0, 0.05) is 24.8 Å². The van der Waals surface area contributed by atoms with E-state index in [0.717, 1.165) is 27.3 Å². The SMILES string of the molecule is O=CPc1nc(-c2ccc(Br)cc2)c[nH]1. The lowest BCUT2D eigenvalue weighted by molar-refractivity contribution is 0.569. The highest BCUT2D eigenvalue weighted by atomic mass is 79.9. The summed E-state index contributed by atoms with van der Waals surface area (Å²) in [6, 6.07) is 8.75. The predicted molar refractivity (Wildman–Crippen MR) is 66.4 cm³/mol. The van der Waals surface area contributed by atoms with Crippen LogP contribution in [0.2, 0.25) is 0 Å². The lowest BCUT2D eigenvalue weighted by Gasteiger charge is -1.95. The second-order valence-corrected chi connectivity index (χ2v) is 4.82. The van der Waals surface area contributed by atoms with E-state index in [2.05, 4.69) is 25.9 Å². The Kier molecular flexibility index (Phi) is 3.29. The molecule has 76 valence electrons. The highest BCUT2D eigenvalue weighted by Crippen LogP contribution is 2.19. The highest BCUT2D eigenvalue weighted by molar-refractivity contribution is 9.10. The van der Waals surface area contributed by atoms with Gasteiger partial charge in [-0.1, -0.05) is 28.1 Å². The van der Waals surface area contributed by atoms with E-state index in [1.807, 2.05) is 30.5 Å². The minimum atomic E-state index is 0.0940. The molecule has 1 unspecified atom stereocenters. The van der Waals surface area contributed by atoms with Gasteiger partial charge in [-0.3, -0.25) is 4.79 Å². The molecule has 1 atom stereocenters. The van der Waals surface area contributed by atoms with Gasteiger partial charge < -0.3 is 4.98 Å². The third-order valence-corrected chi connectivity index (χ3v) is 3.09. The Morgan fingerprint density at radius 2 is 2.07 bits per heavy atom. The van der Waals surface area contributed by atoms with Crippen molar-refractivity contribution in [1.29, 1.82) is 0 Å². The first kappa shape index (κ1) is 10.5. The fourth-order valence-electron chi connectivity index (χ4n) is 1.22. The molecule has 1 N–H and O–H groups in total. The van der Waals surface area contributed by atoms with E-state index in [1.54, 1.807) is 0 Å². The Morgan fingerprint density at radius 1 is 1.33 bits per heavy atom. The van der Waals surface area contributed by atoms with E-state index in [1.165, 1.54) is 0 Å². The first-order chi connectivity index (χ1) is 7.29. The largest absolute Gasteiger partial charge is 0.344 e. The van der Waals surface area contributed by atoms with Crippen LogP contribution in [-0.2, 0) is 4.79 Å². The van der Waals surface area contributed by atoms with E-state index in [4.69, 9.17) is 0 Å². The zero-order valence-corrected chi connectivity index (χ0v) is 10.3. The van der Waals surface area contributed by atoms with E-state index >= 15 is 0 Å². The van der Waals surface area contributed by atoms with Crippen molar-refractivity contribution in [3.63, 3.8) is 0 Å². The molecule has 3 nitrogen and oxygen atoms in total. The normalized spacial score (nSPS) is 11.0. The van der Waals surface area contributed by atoms with Gasteiger partial charge >= 0.3 is 0 Å². The number of carbonyl (C=O) groups is 1. The number of imidazole rings is 1. The number of aromatic amines is 1. The van der Waals surface area contributed by atoms with E-state index < -0.39 is 0 Å². The lowest BCUT2D eigenvalue weighted by atomic mass is 10.2. The summed E-state index contributed by atoms with van der Waals surface area (Å²) < 4.78 is 1.04. The molecule has 1 heterocycles. The smallest absolute Gasteiger partial charge is 0.146 e. The van der Waals surface area contributed by atoms with Crippen LogP contribution in [0, 0.1) is 0 Å². The molecule has 1 aromatic carbocycles. The topological polar surface area (TPSA) is 45.8 Å². The maximum atomic E-state index is 10.3. The van der Waals surface area contributed by atoms with Crippen molar-refractivity contribution < 1.29 is 4.79 Å². The fourth-order valence-corrected chi connectivity index (χ4v) is 1.94. The Balaban J connectivity index is 2.28. The minimum absolute atomic E-state index is 0.0940. The number of nitrogens with one attached hydrogen (secondary N) is 1. The summed E-state index contributed by atoms with van der Waals surface area (Å²) in [6.07, 6.45) is 1.81. The summed E-state index contributed by atoms with van der Waals surface area (Å²) in [5.41, 5.74) is 2.63. The third-order valence-electron chi connectivity index (χ3n) is 1.91. The average Bonchev–Trinajstić information content (AvgIpc) is 2.68. The van der Waals surface area contributed by atoms with E-state index in [0.29, 0.717) is 0 Å². The molecule has 0 spiro atoms. The number of nitrogens with zero attached hydrogens (tertiary/aromatic N) is 1. The van der Waals surface area contributed by atoms with Gasteiger partial charge in [0.15, 0.2) is 0 Å². The van der Waals surface area contributed by atoms with Crippen LogP contribution in [0.3, 0.4) is 0 Å². The molecule has 0 aliphatic heterocycles. The van der Waals surface area contributed by atoms with Gasteiger partial charge in [0.1, 0.15) is 11.6 Å². The molecule has 2 rings (SSSR count). The standard InChI is InChI=1S/C10H8BrN2OP/c11-8-3-1-7(2-4-8)9-5-12-10(13-9)15-6-14/h1-6,15H,(H,12,13). The van der Waals surface area contributed by atoms with Crippen molar-refractivity contribution in [2.24, 2.45) is 0 Å². The number of hydrogen-bond donors (Lipinski definition) is 1. The summed E-state index contributed by atoms with van der Waals surface area (Å²) >= 11 is 3.37. The van der Waals surface area contributed by atoms with Gasteiger partial charge in [-0.05, 0) is 12.1 Å². The molecule has 5 heteroatoms. The number of aromatic nitrogens is 2. The van der Waals surface area contributed by atoms with Crippen molar-refractivity contribution in [2.45, 2.75) is 0 Å². The monoisotopic (exact) mass is 282 g/mol. The Labute approximate surface area is 97.2 Å². The third kappa shape index (κ3) is 2.52. The zero-order valence-electron chi connectivity index (χ0n) is 7.70. The number of halogens is 1. The van der Waals surface area contributed by atoms with Crippen LogP contribution in [-0.4, -0.2) is 16.0 Å². The summed E-state index contributed by atoms with van der Waals surface area (Å²) in [7, 11) is 0.0940. The maximum Gasteiger partial charge on any atom is 0.146 e. The van der Waals surface area contributed by atoms with Crippen LogP contribution in [0.15, 0.2) is 34.9 Å². The van der Waals surface area contributed by atoms with E-state index in [-0.39, 0.29) is 8.58 Å². The zero-order chi connectivity index (χ0) is 10.7. The van der Waals surface area contributed by atoms with Crippen LogP contribution in [0.25, 0.3) is 11.3 Å². The number of hydrogen-bond acceptors (Lipinski definition) is 2. The van der Waals surface area contributed by atoms with Crippen molar-refractivity contribution >= 4 is 36.1 Å². The first-order valence-electron chi connectivity index (χ1n) is 4.31. The molecule has 2 aromatic rings. The van der Waals surface area contributed by atoms with Crippen LogP contribution in [0.4, 0.5) is 0 Å². The van der Waals surface area contributed by atoms with Gasteiger partial charge in [-0.15, -0.1) is 0 Å². The fraction of sp³-hybridized carbons (Fsp3) is 0.